The summed E-state index contributed by atoms with van der Waals surface area (Å²) in [5.74, 6) is -0.780. The highest BCUT2D eigenvalue weighted by atomic mass is 16.5. The van der Waals surface area contributed by atoms with Crippen LogP contribution in [0.25, 0.3) is 6.08 Å². The SMILES string of the molecule is O=C(O)Cc1ccc2c(c1)C=CC21CCOCC1. The molecule has 0 aromatic heterocycles. The maximum absolute atomic E-state index is 10.7. The minimum Gasteiger partial charge on any atom is -0.481 e. The normalized spacial score (nSPS) is 20.0. The summed E-state index contributed by atoms with van der Waals surface area (Å²) in [6.45, 7) is 1.61. The molecule has 94 valence electrons. The van der Waals surface area contributed by atoms with E-state index in [9.17, 15) is 4.79 Å². The third kappa shape index (κ3) is 1.85. The van der Waals surface area contributed by atoms with Gasteiger partial charge in [-0.1, -0.05) is 30.4 Å². The van der Waals surface area contributed by atoms with Gasteiger partial charge in [0.05, 0.1) is 6.42 Å². The zero-order valence-corrected chi connectivity index (χ0v) is 10.2. The molecule has 1 aromatic rings. The van der Waals surface area contributed by atoms with Crippen LogP contribution in [0.5, 0.6) is 0 Å². The molecule has 1 aromatic carbocycles. The Kier molecular flexibility index (Phi) is 2.71. The number of hydrogen-bond acceptors (Lipinski definition) is 2. The fourth-order valence-corrected chi connectivity index (χ4v) is 3.00. The minimum absolute atomic E-state index is 0.0945. The van der Waals surface area contributed by atoms with E-state index in [-0.39, 0.29) is 11.8 Å². The number of carboxylic acids is 1. The van der Waals surface area contributed by atoms with Gasteiger partial charge < -0.3 is 9.84 Å². The van der Waals surface area contributed by atoms with Crippen molar-refractivity contribution < 1.29 is 14.6 Å². The molecular weight excluding hydrogens is 228 g/mol. The van der Waals surface area contributed by atoms with Crippen LogP contribution < -0.4 is 0 Å². The molecule has 1 N–H and O–H groups in total. The Bertz CT molecular complexity index is 510. The summed E-state index contributed by atoms with van der Waals surface area (Å²) in [5, 5.41) is 8.82. The molecule has 2 aliphatic rings. The van der Waals surface area contributed by atoms with Gasteiger partial charge in [0.1, 0.15) is 0 Å². The summed E-state index contributed by atoms with van der Waals surface area (Å²) in [7, 11) is 0. The van der Waals surface area contributed by atoms with Crippen LogP contribution in [0.15, 0.2) is 24.3 Å². The number of ether oxygens (including phenoxy) is 1. The Morgan fingerprint density at radius 2 is 2.11 bits per heavy atom. The van der Waals surface area contributed by atoms with Gasteiger partial charge in [-0.15, -0.1) is 0 Å². The number of carboxylic acid groups (broad SMARTS) is 1. The second-order valence-corrected chi connectivity index (χ2v) is 5.09. The predicted octanol–water partition coefficient (Wildman–Crippen LogP) is 2.39. The fourth-order valence-electron chi connectivity index (χ4n) is 3.00. The van der Waals surface area contributed by atoms with Crippen molar-refractivity contribution in [1.29, 1.82) is 0 Å². The highest BCUT2D eigenvalue weighted by Gasteiger charge is 2.36. The van der Waals surface area contributed by atoms with Crippen molar-refractivity contribution in [3.8, 4) is 0 Å². The monoisotopic (exact) mass is 244 g/mol. The van der Waals surface area contributed by atoms with Gasteiger partial charge in [0.2, 0.25) is 0 Å². The standard InChI is InChI=1S/C15H16O3/c16-14(17)10-11-1-2-13-12(9-11)3-4-15(13)5-7-18-8-6-15/h1-4,9H,5-8,10H2,(H,16,17). The van der Waals surface area contributed by atoms with E-state index in [2.05, 4.69) is 18.2 Å². The molecule has 0 saturated carbocycles. The number of carbonyl (C=O) groups is 1. The minimum atomic E-state index is -0.780. The lowest BCUT2D eigenvalue weighted by Gasteiger charge is -2.33. The Hall–Kier alpha value is -1.61. The first-order valence-electron chi connectivity index (χ1n) is 6.32. The molecule has 1 heterocycles. The number of aliphatic carboxylic acids is 1. The van der Waals surface area contributed by atoms with Crippen molar-refractivity contribution in [2.45, 2.75) is 24.7 Å². The van der Waals surface area contributed by atoms with Crippen LogP contribution >= 0.6 is 0 Å². The molecule has 1 fully saturated rings. The van der Waals surface area contributed by atoms with Gasteiger partial charge >= 0.3 is 5.97 Å². The molecule has 0 bridgehead atoms. The number of benzene rings is 1. The van der Waals surface area contributed by atoms with Gasteiger partial charge in [-0.3, -0.25) is 4.79 Å². The average molecular weight is 244 g/mol. The van der Waals surface area contributed by atoms with E-state index in [0.29, 0.717) is 0 Å². The van der Waals surface area contributed by atoms with E-state index < -0.39 is 5.97 Å². The number of allylic oxidation sites excluding steroid dienone is 1. The average Bonchev–Trinajstić information content (AvgIpc) is 2.68. The van der Waals surface area contributed by atoms with E-state index >= 15 is 0 Å². The molecular formula is C15H16O3. The van der Waals surface area contributed by atoms with Gasteiger partial charge in [0, 0.05) is 18.6 Å². The molecule has 0 atom stereocenters. The number of fused-ring (bicyclic) bond motifs is 2. The van der Waals surface area contributed by atoms with Gasteiger partial charge in [0.25, 0.3) is 0 Å². The van der Waals surface area contributed by atoms with E-state index in [4.69, 9.17) is 9.84 Å². The van der Waals surface area contributed by atoms with Crippen molar-refractivity contribution in [1.82, 2.24) is 0 Å². The van der Waals surface area contributed by atoms with Crippen LogP contribution in [-0.4, -0.2) is 24.3 Å². The van der Waals surface area contributed by atoms with Crippen LogP contribution in [0.3, 0.4) is 0 Å². The predicted molar refractivity (Wildman–Crippen MR) is 68.5 cm³/mol. The third-order valence-corrected chi connectivity index (χ3v) is 3.97. The van der Waals surface area contributed by atoms with Crippen molar-refractivity contribution in [3.05, 3.63) is 41.0 Å². The Balaban J connectivity index is 1.93. The Morgan fingerprint density at radius 1 is 1.33 bits per heavy atom. The maximum atomic E-state index is 10.7. The van der Waals surface area contributed by atoms with Crippen LogP contribution in [0.4, 0.5) is 0 Å². The zero-order chi connectivity index (χ0) is 12.6. The molecule has 0 unspecified atom stereocenters. The first-order chi connectivity index (χ1) is 8.70. The summed E-state index contributed by atoms with van der Waals surface area (Å²) in [6, 6.07) is 6.04. The van der Waals surface area contributed by atoms with Crippen molar-refractivity contribution >= 4 is 12.0 Å². The topological polar surface area (TPSA) is 46.5 Å². The zero-order valence-electron chi connectivity index (χ0n) is 10.2. The molecule has 3 heteroatoms. The van der Waals surface area contributed by atoms with Crippen LogP contribution in [0.1, 0.15) is 29.5 Å². The van der Waals surface area contributed by atoms with Crippen LogP contribution in [-0.2, 0) is 21.4 Å². The molecule has 18 heavy (non-hydrogen) atoms. The van der Waals surface area contributed by atoms with Crippen LogP contribution in [0.2, 0.25) is 0 Å². The molecule has 1 saturated heterocycles. The molecule has 3 rings (SSSR count). The summed E-state index contributed by atoms with van der Waals surface area (Å²) < 4.78 is 5.44. The number of hydrogen-bond donors (Lipinski definition) is 1. The van der Waals surface area contributed by atoms with Crippen molar-refractivity contribution in [2.75, 3.05) is 13.2 Å². The summed E-state index contributed by atoms with van der Waals surface area (Å²) >= 11 is 0. The fraction of sp³-hybridized carbons (Fsp3) is 0.400. The summed E-state index contributed by atoms with van der Waals surface area (Å²) in [5.41, 5.74) is 3.51. The van der Waals surface area contributed by atoms with Gasteiger partial charge in [-0.25, -0.2) is 0 Å². The number of rotatable bonds is 2. The molecule has 1 aliphatic heterocycles. The lowest BCUT2D eigenvalue weighted by molar-refractivity contribution is -0.136. The lowest BCUT2D eigenvalue weighted by atomic mass is 9.76. The highest BCUT2D eigenvalue weighted by molar-refractivity contribution is 5.72. The van der Waals surface area contributed by atoms with Crippen LogP contribution in [0, 0.1) is 0 Å². The molecule has 1 aliphatic carbocycles. The van der Waals surface area contributed by atoms with Gasteiger partial charge in [0.15, 0.2) is 0 Å². The Morgan fingerprint density at radius 3 is 2.83 bits per heavy atom. The second-order valence-electron chi connectivity index (χ2n) is 5.09. The Labute approximate surface area is 106 Å². The maximum Gasteiger partial charge on any atom is 0.307 e. The molecule has 0 amide bonds. The highest BCUT2D eigenvalue weighted by Crippen LogP contribution is 2.43. The van der Waals surface area contributed by atoms with Gasteiger partial charge in [-0.05, 0) is 29.5 Å². The van der Waals surface area contributed by atoms with Gasteiger partial charge in [-0.2, -0.15) is 0 Å². The van der Waals surface area contributed by atoms with Crippen molar-refractivity contribution in [2.24, 2.45) is 0 Å². The summed E-state index contributed by atoms with van der Waals surface area (Å²) in [6.07, 6.45) is 6.54. The van der Waals surface area contributed by atoms with E-state index in [1.54, 1.807) is 0 Å². The first kappa shape index (κ1) is 11.5. The smallest absolute Gasteiger partial charge is 0.307 e. The van der Waals surface area contributed by atoms with E-state index in [1.165, 1.54) is 11.1 Å². The molecule has 1 spiro atoms. The summed E-state index contributed by atoms with van der Waals surface area (Å²) in [4.78, 5) is 10.7. The molecule has 3 nitrogen and oxygen atoms in total. The lowest BCUT2D eigenvalue weighted by Crippen LogP contribution is -2.30. The van der Waals surface area contributed by atoms with Crippen molar-refractivity contribution in [3.63, 3.8) is 0 Å². The largest absolute Gasteiger partial charge is 0.481 e. The van der Waals surface area contributed by atoms with E-state index in [0.717, 1.165) is 31.6 Å². The quantitative estimate of drug-likeness (QED) is 0.868. The third-order valence-electron chi connectivity index (χ3n) is 3.97. The molecule has 0 radical (unpaired) electrons. The van der Waals surface area contributed by atoms with E-state index in [1.807, 2.05) is 12.1 Å². The second kappa shape index (κ2) is 4.25. The first-order valence-corrected chi connectivity index (χ1v) is 6.32.